The van der Waals surface area contributed by atoms with Crippen molar-refractivity contribution >= 4 is 16.4 Å². The Bertz CT molecular complexity index is 435. The third-order valence-electron chi connectivity index (χ3n) is 3.84. The van der Waals surface area contributed by atoms with Crippen molar-refractivity contribution in [3.63, 3.8) is 0 Å². The molecule has 0 atom stereocenters. The van der Waals surface area contributed by atoms with Crippen molar-refractivity contribution in [2.24, 2.45) is 0 Å². The van der Waals surface area contributed by atoms with Gasteiger partial charge in [0.25, 0.3) is 10.4 Å². The Morgan fingerprint density at radius 3 is 1.76 bits per heavy atom. The van der Waals surface area contributed by atoms with Gasteiger partial charge < -0.3 is 8.74 Å². The summed E-state index contributed by atoms with van der Waals surface area (Å²) in [4.78, 5) is 11.0. The van der Waals surface area contributed by atoms with E-state index < -0.39 is 16.4 Å². The Balaban J connectivity index is 0. The minimum absolute atomic E-state index is 0. The van der Waals surface area contributed by atoms with Crippen LogP contribution in [0.25, 0.3) is 0 Å². The van der Waals surface area contributed by atoms with Gasteiger partial charge in [0, 0.05) is 6.42 Å². The third kappa shape index (κ3) is 24.8. The van der Waals surface area contributed by atoms with Gasteiger partial charge in [0.1, 0.15) is 0 Å². The Kier molecular flexibility index (Phi) is 21.8. The average molecular weight is 401 g/mol. The molecule has 0 N–H and O–H groups in total. The van der Waals surface area contributed by atoms with Gasteiger partial charge in [-0.1, -0.05) is 70.4 Å². The number of hydrogen-bond donors (Lipinski definition) is 0. The van der Waals surface area contributed by atoms with Crippen molar-refractivity contribution < 1.29 is 73.3 Å². The SMILES string of the molecule is CCCCCCCC/C=C\CCCCCCCC(=O)OS(=O)(=O)[O-].[K+]. The fraction of sp³-hybridized carbons (Fsp3) is 0.833. The largest absolute Gasteiger partial charge is 1.00 e. The minimum Gasteiger partial charge on any atom is -0.716 e. The smallest absolute Gasteiger partial charge is 0.716 e. The molecule has 0 saturated heterocycles. The topological polar surface area (TPSA) is 83.5 Å². The standard InChI is InChI=1S/C18H34O5S.K/c1-2-3-4-5-6-7-8-9-10-11-12-13-14-15-16-17-18(19)23-24(20,21)22;/h9-10H,2-8,11-17H2,1H3,(H,20,21,22);/q;+1/p-1/b10-9-;. The molecule has 0 fully saturated rings. The predicted molar refractivity (Wildman–Crippen MR) is 95.2 cm³/mol. The molecule has 0 spiro atoms. The molecular formula is C18H33KO5S. The molecule has 0 aromatic heterocycles. The normalized spacial score (nSPS) is 11.4. The van der Waals surface area contributed by atoms with E-state index in [0.717, 1.165) is 32.1 Å². The summed E-state index contributed by atoms with van der Waals surface area (Å²) >= 11 is 0. The molecule has 25 heavy (non-hydrogen) atoms. The van der Waals surface area contributed by atoms with Crippen LogP contribution in [0.2, 0.25) is 0 Å². The predicted octanol–water partition coefficient (Wildman–Crippen LogP) is 2.03. The number of carbonyl (C=O) groups excluding carboxylic acids is 1. The quantitative estimate of drug-likeness (QED) is 0.130. The Morgan fingerprint density at radius 1 is 0.840 bits per heavy atom. The summed E-state index contributed by atoms with van der Waals surface area (Å²) < 4.78 is 34.3. The van der Waals surface area contributed by atoms with E-state index in [9.17, 15) is 17.8 Å². The summed E-state index contributed by atoms with van der Waals surface area (Å²) in [6.45, 7) is 2.23. The second kappa shape index (κ2) is 19.5. The molecule has 0 rings (SSSR count). The third-order valence-corrected chi connectivity index (χ3v) is 4.23. The van der Waals surface area contributed by atoms with Gasteiger partial charge in [0.05, 0.1) is 0 Å². The van der Waals surface area contributed by atoms with Gasteiger partial charge in [0.2, 0.25) is 0 Å². The Hall–Kier alpha value is 0.756. The van der Waals surface area contributed by atoms with Crippen molar-refractivity contribution in [1.82, 2.24) is 0 Å². The summed E-state index contributed by atoms with van der Waals surface area (Å²) in [5, 5.41) is 0. The van der Waals surface area contributed by atoms with Crippen LogP contribution in [0.4, 0.5) is 0 Å². The van der Waals surface area contributed by atoms with E-state index in [1.807, 2.05) is 0 Å². The van der Waals surface area contributed by atoms with Crippen LogP contribution in [-0.2, 0) is 19.4 Å². The summed E-state index contributed by atoms with van der Waals surface area (Å²) in [7, 11) is -4.90. The maximum absolute atomic E-state index is 11.0. The number of hydrogen-bond acceptors (Lipinski definition) is 5. The Morgan fingerprint density at radius 2 is 1.28 bits per heavy atom. The van der Waals surface area contributed by atoms with E-state index in [4.69, 9.17) is 0 Å². The molecule has 142 valence electrons. The van der Waals surface area contributed by atoms with Crippen molar-refractivity contribution in [3.05, 3.63) is 12.2 Å². The van der Waals surface area contributed by atoms with Crippen LogP contribution >= 0.6 is 0 Å². The molecule has 0 saturated carbocycles. The molecule has 0 radical (unpaired) electrons. The number of unbranched alkanes of at least 4 members (excludes halogenated alkanes) is 11. The van der Waals surface area contributed by atoms with Crippen LogP contribution in [-0.4, -0.2) is 18.9 Å². The molecule has 0 aromatic carbocycles. The summed E-state index contributed by atoms with van der Waals surface area (Å²) in [5.74, 6) is -0.956. The van der Waals surface area contributed by atoms with Crippen molar-refractivity contribution in [3.8, 4) is 0 Å². The molecular weight excluding hydrogens is 367 g/mol. The summed E-state index contributed by atoms with van der Waals surface area (Å²) in [6, 6.07) is 0. The van der Waals surface area contributed by atoms with E-state index >= 15 is 0 Å². The van der Waals surface area contributed by atoms with Gasteiger partial charge >= 0.3 is 57.4 Å². The van der Waals surface area contributed by atoms with Crippen LogP contribution in [0.15, 0.2) is 12.2 Å². The second-order valence-electron chi connectivity index (χ2n) is 6.20. The molecule has 0 heterocycles. The maximum Gasteiger partial charge on any atom is 1.00 e. The molecule has 0 aliphatic heterocycles. The molecule has 5 nitrogen and oxygen atoms in total. The fourth-order valence-electron chi connectivity index (χ4n) is 2.50. The first-order chi connectivity index (χ1) is 11.5. The van der Waals surface area contributed by atoms with Gasteiger partial charge in [0.15, 0.2) is 0 Å². The summed E-state index contributed by atoms with van der Waals surface area (Å²) in [5.41, 5.74) is 0. The first kappa shape index (κ1) is 28.0. The van der Waals surface area contributed by atoms with E-state index in [-0.39, 0.29) is 57.8 Å². The first-order valence-corrected chi connectivity index (χ1v) is 10.6. The monoisotopic (exact) mass is 400 g/mol. The van der Waals surface area contributed by atoms with E-state index in [1.165, 1.54) is 44.9 Å². The minimum atomic E-state index is -4.90. The average Bonchev–Trinajstić information content (AvgIpc) is 2.49. The second-order valence-corrected chi connectivity index (χ2v) is 7.18. The van der Waals surface area contributed by atoms with Gasteiger partial charge in [-0.2, -0.15) is 0 Å². The fourth-order valence-corrected chi connectivity index (χ4v) is 2.81. The van der Waals surface area contributed by atoms with Crippen molar-refractivity contribution in [2.45, 2.75) is 96.8 Å². The van der Waals surface area contributed by atoms with Crippen LogP contribution < -0.4 is 51.4 Å². The molecule has 0 bridgehead atoms. The number of rotatable bonds is 16. The molecule has 0 aromatic rings. The van der Waals surface area contributed by atoms with Gasteiger partial charge in [-0.25, -0.2) is 8.42 Å². The molecule has 0 unspecified atom stereocenters. The molecule has 7 heteroatoms. The van der Waals surface area contributed by atoms with Crippen molar-refractivity contribution in [1.29, 1.82) is 0 Å². The molecule has 0 aliphatic carbocycles. The van der Waals surface area contributed by atoms with Gasteiger partial charge in [-0.05, 0) is 32.1 Å². The van der Waals surface area contributed by atoms with Crippen LogP contribution in [0, 0.1) is 0 Å². The zero-order valence-electron chi connectivity index (χ0n) is 16.0. The van der Waals surface area contributed by atoms with Crippen LogP contribution in [0.5, 0.6) is 0 Å². The van der Waals surface area contributed by atoms with Crippen LogP contribution in [0.1, 0.15) is 96.8 Å². The van der Waals surface area contributed by atoms with Crippen molar-refractivity contribution in [2.75, 3.05) is 0 Å². The number of carbonyl (C=O) groups is 1. The zero-order valence-corrected chi connectivity index (χ0v) is 19.9. The summed E-state index contributed by atoms with van der Waals surface area (Å²) in [6.07, 6.45) is 19.4. The van der Waals surface area contributed by atoms with E-state index in [0.29, 0.717) is 6.42 Å². The zero-order chi connectivity index (χ0) is 18.1. The van der Waals surface area contributed by atoms with Gasteiger partial charge in [-0.15, -0.1) is 0 Å². The Labute approximate surface area is 196 Å². The van der Waals surface area contributed by atoms with E-state index in [1.54, 1.807) is 0 Å². The van der Waals surface area contributed by atoms with Gasteiger partial charge in [-0.3, -0.25) is 4.79 Å². The number of allylic oxidation sites excluding steroid dienone is 2. The molecule has 0 aliphatic rings. The molecule has 0 amide bonds. The van der Waals surface area contributed by atoms with E-state index in [2.05, 4.69) is 23.3 Å². The maximum atomic E-state index is 11.0. The van der Waals surface area contributed by atoms with Crippen LogP contribution in [0.3, 0.4) is 0 Å². The first-order valence-electron chi connectivity index (χ1n) is 9.29.